The summed E-state index contributed by atoms with van der Waals surface area (Å²) in [7, 11) is -3.67. The van der Waals surface area contributed by atoms with Crippen molar-refractivity contribution in [1.82, 2.24) is 5.32 Å². The lowest BCUT2D eigenvalue weighted by Crippen LogP contribution is -2.49. The molecule has 0 saturated heterocycles. The van der Waals surface area contributed by atoms with Crippen LogP contribution in [-0.4, -0.2) is 38.9 Å². The molecule has 1 atom stereocenters. The molecule has 0 fully saturated rings. The molecule has 1 N–H and O–H groups in total. The van der Waals surface area contributed by atoms with Crippen LogP contribution in [0.1, 0.15) is 18.9 Å². The standard InChI is InChI=1S/C20H23Cl3N2O3S2/c1-3-19(25(30(2,27)28)16-7-5-15(21)6-8-16)20(26)24-10-11-29-13-14-4-9-17(22)18(23)12-14/h4-9,12,19H,3,10-11,13H2,1-2H3,(H,24,26)/t19-/m1/s1. The maximum Gasteiger partial charge on any atom is 0.243 e. The largest absolute Gasteiger partial charge is 0.353 e. The predicted molar refractivity (Wildman–Crippen MR) is 128 cm³/mol. The van der Waals surface area contributed by atoms with Gasteiger partial charge >= 0.3 is 0 Å². The van der Waals surface area contributed by atoms with Crippen LogP contribution in [0.15, 0.2) is 42.5 Å². The summed E-state index contributed by atoms with van der Waals surface area (Å²) in [6.45, 7) is 2.19. The summed E-state index contributed by atoms with van der Waals surface area (Å²) in [5.74, 6) is 1.06. The Bertz CT molecular complexity index is 970. The van der Waals surface area contributed by atoms with E-state index in [2.05, 4.69) is 5.32 Å². The topological polar surface area (TPSA) is 66.5 Å². The molecule has 164 valence electrons. The molecule has 2 rings (SSSR count). The van der Waals surface area contributed by atoms with Gasteiger partial charge in [0, 0.05) is 23.1 Å². The van der Waals surface area contributed by atoms with Gasteiger partial charge in [0.05, 0.1) is 22.0 Å². The number of thioether (sulfide) groups is 1. The Hall–Kier alpha value is -1.12. The van der Waals surface area contributed by atoms with Crippen molar-refractivity contribution < 1.29 is 13.2 Å². The molecule has 2 aromatic rings. The summed E-state index contributed by atoms with van der Waals surface area (Å²) in [5, 5.41) is 4.35. The Morgan fingerprint density at radius 1 is 1.10 bits per heavy atom. The molecule has 0 bridgehead atoms. The number of hydrogen-bond acceptors (Lipinski definition) is 4. The first kappa shape index (κ1) is 25.1. The second-order valence-corrected chi connectivity index (χ2v) is 10.8. The van der Waals surface area contributed by atoms with Gasteiger partial charge in [0.1, 0.15) is 6.04 Å². The third-order valence-corrected chi connectivity index (χ3v) is 7.41. The van der Waals surface area contributed by atoms with Crippen molar-refractivity contribution in [2.75, 3.05) is 22.9 Å². The molecule has 0 spiro atoms. The van der Waals surface area contributed by atoms with Crippen LogP contribution in [0.3, 0.4) is 0 Å². The Labute approximate surface area is 197 Å². The minimum atomic E-state index is -3.67. The van der Waals surface area contributed by atoms with E-state index in [1.165, 1.54) is 0 Å². The molecule has 0 aliphatic heterocycles. The van der Waals surface area contributed by atoms with Crippen molar-refractivity contribution in [1.29, 1.82) is 0 Å². The van der Waals surface area contributed by atoms with Gasteiger partial charge in [-0.3, -0.25) is 9.10 Å². The predicted octanol–water partition coefficient (Wildman–Crippen LogP) is 5.24. The third kappa shape index (κ3) is 7.24. The summed E-state index contributed by atoms with van der Waals surface area (Å²) in [4.78, 5) is 12.7. The fourth-order valence-electron chi connectivity index (χ4n) is 2.83. The second kappa shape index (κ2) is 11.5. The van der Waals surface area contributed by atoms with Crippen LogP contribution in [0.25, 0.3) is 0 Å². The van der Waals surface area contributed by atoms with E-state index in [4.69, 9.17) is 34.8 Å². The van der Waals surface area contributed by atoms with Crippen molar-refractivity contribution in [3.05, 3.63) is 63.1 Å². The average molecular weight is 510 g/mol. The number of benzene rings is 2. The number of nitrogens with one attached hydrogen (secondary N) is 1. The Balaban J connectivity index is 1.95. The van der Waals surface area contributed by atoms with Crippen LogP contribution in [-0.2, 0) is 20.6 Å². The zero-order valence-corrected chi connectivity index (χ0v) is 20.5. The third-order valence-electron chi connectivity index (χ3n) is 4.21. The minimum absolute atomic E-state index is 0.331. The average Bonchev–Trinajstić information content (AvgIpc) is 2.68. The highest BCUT2D eigenvalue weighted by Gasteiger charge is 2.31. The quantitative estimate of drug-likeness (QED) is 0.445. The van der Waals surface area contributed by atoms with E-state index in [0.29, 0.717) is 39.5 Å². The van der Waals surface area contributed by atoms with Crippen molar-refractivity contribution in [2.45, 2.75) is 25.1 Å². The highest BCUT2D eigenvalue weighted by atomic mass is 35.5. The van der Waals surface area contributed by atoms with Crippen LogP contribution in [0, 0.1) is 0 Å². The minimum Gasteiger partial charge on any atom is -0.353 e. The Morgan fingerprint density at radius 2 is 1.77 bits per heavy atom. The number of halogens is 3. The molecule has 1 amide bonds. The summed E-state index contributed by atoms with van der Waals surface area (Å²) in [6.07, 6.45) is 1.42. The molecule has 5 nitrogen and oxygen atoms in total. The van der Waals surface area contributed by atoms with Gasteiger partial charge in [0.2, 0.25) is 15.9 Å². The van der Waals surface area contributed by atoms with E-state index in [9.17, 15) is 13.2 Å². The van der Waals surface area contributed by atoms with Gasteiger partial charge in [0.25, 0.3) is 0 Å². The molecule has 0 unspecified atom stereocenters. The Kier molecular flexibility index (Phi) is 9.63. The van der Waals surface area contributed by atoms with E-state index in [1.54, 1.807) is 49.0 Å². The molecule has 0 aliphatic rings. The number of carbonyl (C=O) groups excluding carboxylic acids is 1. The summed E-state index contributed by atoms with van der Waals surface area (Å²) < 4.78 is 25.9. The zero-order valence-electron chi connectivity index (χ0n) is 16.6. The SMILES string of the molecule is CC[C@H](C(=O)NCCSCc1ccc(Cl)c(Cl)c1)N(c1ccc(Cl)cc1)S(C)(=O)=O. The van der Waals surface area contributed by atoms with Crippen molar-refractivity contribution >= 4 is 68.2 Å². The molecule has 2 aromatic carbocycles. The van der Waals surface area contributed by atoms with Crippen molar-refractivity contribution in [3.8, 4) is 0 Å². The molecule has 0 heterocycles. The molecule has 10 heteroatoms. The molecule has 0 radical (unpaired) electrons. The van der Waals surface area contributed by atoms with Gasteiger partial charge in [-0.05, 0) is 48.4 Å². The number of anilines is 1. The van der Waals surface area contributed by atoms with Crippen LogP contribution < -0.4 is 9.62 Å². The zero-order chi connectivity index (χ0) is 22.3. The lowest BCUT2D eigenvalue weighted by atomic mass is 10.2. The van der Waals surface area contributed by atoms with E-state index in [0.717, 1.165) is 21.9 Å². The molecule has 30 heavy (non-hydrogen) atoms. The number of sulfonamides is 1. The van der Waals surface area contributed by atoms with Crippen LogP contribution >= 0.6 is 46.6 Å². The first-order valence-electron chi connectivity index (χ1n) is 9.17. The monoisotopic (exact) mass is 508 g/mol. The lowest BCUT2D eigenvalue weighted by molar-refractivity contribution is -0.122. The van der Waals surface area contributed by atoms with E-state index in [-0.39, 0.29) is 5.91 Å². The van der Waals surface area contributed by atoms with Gasteiger partial charge in [-0.15, -0.1) is 0 Å². The maximum atomic E-state index is 12.7. The van der Waals surface area contributed by atoms with Crippen molar-refractivity contribution in [3.63, 3.8) is 0 Å². The molecule has 0 aliphatic carbocycles. The number of rotatable bonds is 10. The molecule has 0 saturated carbocycles. The molecular formula is C20H23Cl3N2O3S2. The van der Waals surface area contributed by atoms with Crippen LogP contribution in [0.2, 0.25) is 15.1 Å². The highest BCUT2D eigenvalue weighted by molar-refractivity contribution is 7.98. The maximum absolute atomic E-state index is 12.7. The second-order valence-electron chi connectivity index (χ2n) is 6.55. The summed E-state index contributed by atoms with van der Waals surface area (Å²) >= 11 is 19.5. The van der Waals surface area contributed by atoms with Gasteiger partial charge in [-0.1, -0.05) is 47.8 Å². The van der Waals surface area contributed by atoms with E-state index in [1.807, 2.05) is 12.1 Å². The first-order valence-corrected chi connectivity index (χ1v) is 13.3. The van der Waals surface area contributed by atoms with Gasteiger partial charge in [0.15, 0.2) is 0 Å². The van der Waals surface area contributed by atoms with Gasteiger partial charge in [-0.2, -0.15) is 11.8 Å². The fraction of sp³-hybridized carbons (Fsp3) is 0.350. The van der Waals surface area contributed by atoms with Crippen LogP contribution in [0.4, 0.5) is 5.69 Å². The van der Waals surface area contributed by atoms with Crippen LogP contribution in [0.5, 0.6) is 0 Å². The first-order chi connectivity index (χ1) is 14.1. The summed E-state index contributed by atoms with van der Waals surface area (Å²) in [5.41, 5.74) is 1.44. The number of nitrogens with zero attached hydrogens (tertiary/aromatic N) is 1. The number of hydrogen-bond donors (Lipinski definition) is 1. The summed E-state index contributed by atoms with van der Waals surface area (Å²) in [6, 6.07) is 11.0. The molecule has 0 aromatic heterocycles. The molecular weight excluding hydrogens is 487 g/mol. The lowest BCUT2D eigenvalue weighted by Gasteiger charge is -2.30. The van der Waals surface area contributed by atoms with E-state index >= 15 is 0 Å². The number of carbonyl (C=O) groups is 1. The van der Waals surface area contributed by atoms with Gasteiger partial charge in [-0.25, -0.2) is 8.42 Å². The van der Waals surface area contributed by atoms with Crippen molar-refractivity contribution in [2.24, 2.45) is 0 Å². The Morgan fingerprint density at radius 3 is 2.33 bits per heavy atom. The smallest absolute Gasteiger partial charge is 0.243 e. The normalized spacial score (nSPS) is 12.4. The fourth-order valence-corrected chi connectivity index (χ4v) is 5.30. The van der Waals surface area contributed by atoms with Gasteiger partial charge < -0.3 is 5.32 Å². The van der Waals surface area contributed by atoms with E-state index < -0.39 is 16.1 Å². The number of amides is 1. The highest BCUT2D eigenvalue weighted by Crippen LogP contribution is 2.25.